The fourth-order valence-corrected chi connectivity index (χ4v) is 3.26. The molecule has 0 saturated heterocycles. The second kappa shape index (κ2) is 7.89. The first kappa shape index (κ1) is 18.9. The number of fused-ring (bicyclic) bond motifs is 1. The lowest BCUT2D eigenvalue weighted by molar-refractivity contribution is -0.116. The molecule has 4 rings (SSSR count). The van der Waals surface area contributed by atoms with Crippen LogP contribution >= 0.6 is 11.6 Å². The van der Waals surface area contributed by atoms with Gasteiger partial charge in [-0.25, -0.2) is 0 Å². The number of rotatable bonds is 5. The summed E-state index contributed by atoms with van der Waals surface area (Å²) in [5, 5.41) is 7.81. The summed E-state index contributed by atoms with van der Waals surface area (Å²) in [4.78, 5) is 29.7. The van der Waals surface area contributed by atoms with E-state index >= 15 is 0 Å². The van der Waals surface area contributed by atoms with Crippen LogP contribution in [0.3, 0.4) is 0 Å². The molecular weight excluding hydrogens is 392 g/mol. The van der Waals surface area contributed by atoms with Crippen molar-refractivity contribution in [2.24, 2.45) is 0 Å². The van der Waals surface area contributed by atoms with Crippen LogP contribution in [0.15, 0.2) is 63.9 Å². The van der Waals surface area contributed by atoms with Gasteiger partial charge < -0.3 is 9.84 Å². The Hall–Kier alpha value is -3.45. The van der Waals surface area contributed by atoms with Crippen LogP contribution in [-0.4, -0.2) is 20.6 Å². The number of halogens is 1. The Balaban J connectivity index is 1.73. The van der Waals surface area contributed by atoms with Gasteiger partial charge in [0.05, 0.1) is 21.8 Å². The molecule has 0 radical (unpaired) electrons. The number of nitrogens with one attached hydrogen (secondary N) is 1. The lowest BCUT2D eigenvalue weighted by atomic mass is 10.1. The highest BCUT2D eigenvalue weighted by atomic mass is 35.5. The molecule has 2 aromatic heterocycles. The van der Waals surface area contributed by atoms with Crippen LogP contribution in [0, 0.1) is 0 Å². The number of pyridine rings is 1. The van der Waals surface area contributed by atoms with Gasteiger partial charge in [-0.3, -0.25) is 14.2 Å². The fourth-order valence-electron chi connectivity index (χ4n) is 3.08. The molecule has 7 nitrogen and oxygen atoms in total. The molecule has 0 fully saturated rings. The molecule has 0 saturated carbocycles. The first-order valence-corrected chi connectivity index (χ1v) is 9.44. The van der Waals surface area contributed by atoms with E-state index in [4.69, 9.17) is 16.1 Å². The molecule has 1 amide bonds. The van der Waals surface area contributed by atoms with Crippen molar-refractivity contribution in [2.45, 2.75) is 19.9 Å². The van der Waals surface area contributed by atoms with E-state index < -0.39 is 0 Å². The zero-order valence-electron chi connectivity index (χ0n) is 15.6. The van der Waals surface area contributed by atoms with E-state index in [2.05, 4.69) is 15.5 Å². The summed E-state index contributed by atoms with van der Waals surface area (Å²) < 4.78 is 6.72. The van der Waals surface area contributed by atoms with E-state index in [1.54, 1.807) is 36.4 Å². The standard InChI is InChI=1S/C21H17ClN4O3/c1-2-18-24-21(29-25-18)14-11-20(28)26(17-10-6-3-7-13(14)17)12-19(27)23-16-9-5-4-8-15(16)22/h3-11H,2,12H2,1H3,(H,23,27). The number of aryl methyl sites for hydroxylation is 1. The average Bonchev–Trinajstić information content (AvgIpc) is 3.21. The summed E-state index contributed by atoms with van der Waals surface area (Å²) >= 11 is 6.09. The Morgan fingerprint density at radius 1 is 1.17 bits per heavy atom. The van der Waals surface area contributed by atoms with Gasteiger partial charge in [-0.05, 0) is 18.2 Å². The van der Waals surface area contributed by atoms with Crippen LogP contribution in [0.2, 0.25) is 5.02 Å². The molecule has 0 spiro atoms. The Morgan fingerprint density at radius 2 is 1.93 bits per heavy atom. The van der Waals surface area contributed by atoms with Gasteiger partial charge in [0, 0.05) is 17.9 Å². The third kappa shape index (κ3) is 3.77. The van der Waals surface area contributed by atoms with Gasteiger partial charge in [-0.2, -0.15) is 4.98 Å². The maximum Gasteiger partial charge on any atom is 0.258 e. The quantitative estimate of drug-likeness (QED) is 0.540. The smallest absolute Gasteiger partial charge is 0.258 e. The van der Waals surface area contributed by atoms with Crippen LogP contribution in [0.1, 0.15) is 12.7 Å². The van der Waals surface area contributed by atoms with Crippen LogP contribution in [0.5, 0.6) is 0 Å². The first-order valence-electron chi connectivity index (χ1n) is 9.06. The molecular formula is C21H17ClN4O3. The van der Waals surface area contributed by atoms with E-state index in [0.29, 0.717) is 34.0 Å². The summed E-state index contributed by atoms with van der Waals surface area (Å²) in [6, 6.07) is 15.6. The number of nitrogens with zero attached hydrogens (tertiary/aromatic N) is 3. The Bertz CT molecular complexity index is 1260. The largest absolute Gasteiger partial charge is 0.334 e. The van der Waals surface area contributed by atoms with Crippen molar-refractivity contribution in [3.63, 3.8) is 0 Å². The molecule has 0 aliphatic heterocycles. The molecule has 2 heterocycles. The van der Waals surface area contributed by atoms with Crippen molar-refractivity contribution in [3.05, 3.63) is 75.8 Å². The predicted octanol–water partition coefficient (Wildman–Crippen LogP) is 3.91. The van der Waals surface area contributed by atoms with Crippen molar-refractivity contribution in [1.29, 1.82) is 0 Å². The molecule has 0 atom stereocenters. The zero-order chi connectivity index (χ0) is 20.4. The number of carbonyl (C=O) groups is 1. The summed E-state index contributed by atoms with van der Waals surface area (Å²) in [6.45, 7) is 1.76. The third-order valence-electron chi connectivity index (χ3n) is 4.48. The van der Waals surface area contributed by atoms with Crippen molar-refractivity contribution in [1.82, 2.24) is 14.7 Å². The lowest BCUT2D eigenvalue weighted by Crippen LogP contribution is -2.27. The minimum absolute atomic E-state index is 0.158. The molecule has 0 aliphatic carbocycles. The summed E-state index contributed by atoms with van der Waals surface area (Å²) in [5.41, 5.74) is 1.29. The maximum absolute atomic E-state index is 12.8. The molecule has 2 aromatic carbocycles. The van der Waals surface area contributed by atoms with Gasteiger partial charge >= 0.3 is 0 Å². The number of carbonyl (C=O) groups excluding carboxylic acids is 1. The highest BCUT2D eigenvalue weighted by molar-refractivity contribution is 6.33. The Morgan fingerprint density at radius 3 is 2.69 bits per heavy atom. The highest BCUT2D eigenvalue weighted by Crippen LogP contribution is 2.26. The highest BCUT2D eigenvalue weighted by Gasteiger charge is 2.17. The van der Waals surface area contributed by atoms with E-state index in [1.165, 1.54) is 10.6 Å². The summed E-state index contributed by atoms with van der Waals surface area (Å²) in [5.74, 6) is 0.486. The molecule has 1 N–H and O–H groups in total. The van der Waals surface area contributed by atoms with Gasteiger partial charge in [0.2, 0.25) is 5.91 Å². The van der Waals surface area contributed by atoms with Gasteiger partial charge in [-0.15, -0.1) is 0 Å². The summed E-state index contributed by atoms with van der Waals surface area (Å²) in [6.07, 6.45) is 0.626. The predicted molar refractivity (Wildman–Crippen MR) is 111 cm³/mol. The monoisotopic (exact) mass is 408 g/mol. The van der Waals surface area contributed by atoms with E-state index in [-0.39, 0.29) is 23.9 Å². The van der Waals surface area contributed by atoms with Crippen molar-refractivity contribution < 1.29 is 9.32 Å². The van der Waals surface area contributed by atoms with Crippen LogP contribution < -0.4 is 10.9 Å². The second-order valence-corrected chi connectivity index (χ2v) is 6.80. The van der Waals surface area contributed by atoms with E-state index in [1.807, 2.05) is 19.1 Å². The van der Waals surface area contributed by atoms with E-state index in [9.17, 15) is 9.59 Å². The summed E-state index contributed by atoms with van der Waals surface area (Å²) in [7, 11) is 0. The van der Waals surface area contributed by atoms with Crippen molar-refractivity contribution in [3.8, 4) is 11.5 Å². The molecule has 0 unspecified atom stereocenters. The Labute approximate surface area is 170 Å². The van der Waals surface area contributed by atoms with Crippen LogP contribution in [0.4, 0.5) is 5.69 Å². The number of amides is 1. The number of para-hydroxylation sites is 2. The lowest BCUT2D eigenvalue weighted by Gasteiger charge is -2.13. The van der Waals surface area contributed by atoms with Gasteiger partial charge in [0.25, 0.3) is 11.4 Å². The molecule has 0 bridgehead atoms. The molecule has 8 heteroatoms. The Kier molecular flexibility index (Phi) is 5.14. The zero-order valence-corrected chi connectivity index (χ0v) is 16.3. The first-order chi connectivity index (χ1) is 14.1. The molecule has 146 valence electrons. The number of aromatic nitrogens is 3. The van der Waals surface area contributed by atoms with Gasteiger partial charge in [0.15, 0.2) is 5.82 Å². The van der Waals surface area contributed by atoms with Crippen LogP contribution in [-0.2, 0) is 17.8 Å². The van der Waals surface area contributed by atoms with Crippen molar-refractivity contribution >= 4 is 34.1 Å². The van der Waals surface area contributed by atoms with E-state index in [0.717, 1.165) is 5.39 Å². The molecule has 4 aromatic rings. The SMILES string of the molecule is CCc1noc(-c2cc(=O)n(CC(=O)Nc3ccccc3Cl)c3ccccc23)n1. The normalized spacial score (nSPS) is 11.0. The molecule has 29 heavy (non-hydrogen) atoms. The van der Waals surface area contributed by atoms with Crippen LogP contribution in [0.25, 0.3) is 22.4 Å². The van der Waals surface area contributed by atoms with Crippen molar-refractivity contribution in [2.75, 3.05) is 5.32 Å². The average molecular weight is 409 g/mol. The number of hydrogen-bond donors (Lipinski definition) is 1. The molecule has 0 aliphatic rings. The third-order valence-corrected chi connectivity index (χ3v) is 4.81. The number of benzene rings is 2. The second-order valence-electron chi connectivity index (χ2n) is 6.40. The van der Waals surface area contributed by atoms with Gasteiger partial charge in [0.1, 0.15) is 6.54 Å². The topological polar surface area (TPSA) is 90.0 Å². The maximum atomic E-state index is 12.8. The number of hydrogen-bond acceptors (Lipinski definition) is 5. The minimum atomic E-state index is -0.357. The minimum Gasteiger partial charge on any atom is -0.334 e. The number of anilines is 1. The fraction of sp³-hybridized carbons (Fsp3) is 0.143. The van der Waals surface area contributed by atoms with Gasteiger partial charge in [-0.1, -0.05) is 54.0 Å².